The van der Waals surface area contributed by atoms with Crippen LogP contribution in [0.1, 0.15) is 59.3 Å². The molecule has 1 unspecified atom stereocenters. The number of hydrogen-bond donors (Lipinski definition) is 2. The van der Waals surface area contributed by atoms with Gasteiger partial charge in [-0.1, -0.05) is 26.7 Å². The molecule has 0 saturated heterocycles. The Bertz CT molecular complexity index is 271. The van der Waals surface area contributed by atoms with Crippen LogP contribution in [-0.2, 0) is 4.79 Å². The molecule has 4 nitrogen and oxygen atoms in total. The van der Waals surface area contributed by atoms with E-state index in [0.717, 1.165) is 32.2 Å². The summed E-state index contributed by atoms with van der Waals surface area (Å²) in [5.74, 6) is 0.161. The standard InChI is InChI=1S/C15H31N3O/c1-4-10-18(15(3,5-2)12-16)11-14(19)17-13-8-6-7-9-13/h13H,4-12,16H2,1-3H3,(H,17,19). The Hall–Kier alpha value is -0.610. The van der Waals surface area contributed by atoms with E-state index < -0.39 is 0 Å². The fraction of sp³-hybridized carbons (Fsp3) is 0.933. The molecule has 4 heteroatoms. The van der Waals surface area contributed by atoms with Crippen molar-refractivity contribution < 1.29 is 4.79 Å². The molecule has 1 aliphatic rings. The molecule has 1 saturated carbocycles. The first-order chi connectivity index (χ1) is 9.05. The Morgan fingerprint density at radius 2 is 2.00 bits per heavy atom. The fourth-order valence-electron chi connectivity index (χ4n) is 2.82. The molecule has 0 aliphatic heterocycles. The van der Waals surface area contributed by atoms with E-state index in [0.29, 0.717) is 19.1 Å². The number of nitrogens with two attached hydrogens (primary N) is 1. The Balaban J connectivity index is 2.53. The van der Waals surface area contributed by atoms with Crippen LogP contribution in [0.15, 0.2) is 0 Å². The zero-order valence-corrected chi connectivity index (χ0v) is 12.9. The van der Waals surface area contributed by atoms with Crippen LogP contribution in [-0.4, -0.2) is 42.0 Å². The molecule has 1 atom stereocenters. The van der Waals surface area contributed by atoms with Gasteiger partial charge in [-0.05, 0) is 39.2 Å². The van der Waals surface area contributed by atoms with Crippen molar-refractivity contribution in [2.24, 2.45) is 5.73 Å². The average Bonchev–Trinajstić information content (AvgIpc) is 2.90. The molecule has 1 rings (SSSR count). The van der Waals surface area contributed by atoms with Crippen LogP contribution in [0.3, 0.4) is 0 Å². The summed E-state index contributed by atoms with van der Waals surface area (Å²) in [4.78, 5) is 14.4. The molecule has 0 aromatic carbocycles. The van der Waals surface area contributed by atoms with E-state index in [9.17, 15) is 4.79 Å². The second-order valence-corrected chi connectivity index (χ2v) is 6.03. The van der Waals surface area contributed by atoms with Gasteiger partial charge in [0.15, 0.2) is 0 Å². The molecule has 0 aromatic rings. The lowest BCUT2D eigenvalue weighted by Crippen LogP contribution is -2.55. The maximum absolute atomic E-state index is 12.2. The highest BCUT2D eigenvalue weighted by atomic mass is 16.2. The number of nitrogens with one attached hydrogen (secondary N) is 1. The molecule has 1 fully saturated rings. The summed E-state index contributed by atoms with van der Waals surface area (Å²) in [6.07, 6.45) is 6.80. The second-order valence-electron chi connectivity index (χ2n) is 6.03. The van der Waals surface area contributed by atoms with Crippen LogP contribution in [0.5, 0.6) is 0 Å². The van der Waals surface area contributed by atoms with Crippen LogP contribution >= 0.6 is 0 Å². The van der Waals surface area contributed by atoms with Crippen molar-refractivity contribution in [1.29, 1.82) is 0 Å². The summed E-state index contributed by atoms with van der Waals surface area (Å²) in [7, 11) is 0. The second kappa shape index (κ2) is 7.85. The lowest BCUT2D eigenvalue weighted by atomic mass is 9.96. The largest absolute Gasteiger partial charge is 0.352 e. The van der Waals surface area contributed by atoms with Crippen molar-refractivity contribution in [2.75, 3.05) is 19.6 Å². The summed E-state index contributed by atoms with van der Waals surface area (Å²) in [6, 6.07) is 0.404. The van der Waals surface area contributed by atoms with Gasteiger partial charge in [0.25, 0.3) is 0 Å². The van der Waals surface area contributed by atoms with Crippen molar-refractivity contribution in [3.8, 4) is 0 Å². The average molecular weight is 269 g/mol. The van der Waals surface area contributed by atoms with Crippen molar-refractivity contribution in [2.45, 2.75) is 70.9 Å². The third-order valence-electron chi connectivity index (χ3n) is 4.51. The van der Waals surface area contributed by atoms with Crippen LogP contribution in [0.25, 0.3) is 0 Å². The highest BCUT2D eigenvalue weighted by Gasteiger charge is 2.30. The predicted molar refractivity (Wildman–Crippen MR) is 80.0 cm³/mol. The molecule has 19 heavy (non-hydrogen) atoms. The van der Waals surface area contributed by atoms with Gasteiger partial charge >= 0.3 is 0 Å². The number of amides is 1. The maximum atomic E-state index is 12.2. The molecule has 1 aliphatic carbocycles. The maximum Gasteiger partial charge on any atom is 0.234 e. The van der Waals surface area contributed by atoms with Gasteiger partial charge in [0.2, 0.25) is 5.91 Å². The first-order valence-corrected chi connectivity index (χ1v) is 7.80. The van der Waals surface area contributed by atoms with Crippen LogP contribution in [0.4, 0.5) is 0 Å². The highest BCUT2D eigenvalue weighted by molar-refractivity contribution is 5.78. The molecule has 0 aromatic heterocycles. The summed E-state index contributed by atoms with van der Waals surface area (Å²) in [5, 5.41) is 3.17. The monoisotopic (exact) mass is 269 g/mol. The zero-order chi connectivity index (χ0) is 14.3. The first-order valence-electron chi connectivity index (χ1n) is 7.80. The topological polar surface area (TPSA) is 58.4 Å². The van der Waals surface area contributed by atoms with Crippen molar-refractivity contribution in [3.05, 3.63) is 0 Å². The van der Waals surface area contributed by atoms with Crippen molar-refractivity contribution >= 4 is 5.91 Å². The van der Waals surface area contributed by atoms with Gasteiger partial charge in [-0.2, -0.15) is 0 Å². The molecule has 3 N–H and O–H groups in total. The zero-order valence-electron chi connectivity index (χ0n) is 12.9. The molecule has 0 spiro atoms. The van der Waals surface area contributed by atoms with Crippen molar-refractivity contribution in [1.82, 2.24) is 10.2 Å². The minimum absolute atomic E-state index is 0.0664. The lowest BCUT2D eigenvalue weighted by Gasteiger charge is -2.39. The Morgan fingerprint density at radius 1 is 1.37 bits per heavy atom. The van der Waals surface area contributed by atoms with Gasteiger partial charge in [0, 0.05) is 18.1 Å². The van der Waals surface area contributed by atoms with Crippen LogP contribution in [0.2, 0.25) is 0 Å². The van der Waals surface area contributed by atoms with Gasteiger partial charge in [-0.3, -0.25) is 9.69 Å². The fourth-order valence-corrected chi connectivity index (χ4v) is 2.82. The molecule has 0 bridgehead atoms. The summed E-state index contributed by atoms with van der Waals surface area (Å²) < 4.78 is 0. The lowest BCUT2D eigenvalue weighted by molar-refractivity contribution is -0.124. The van der Waals surface area contributed by atoms with E-state index in [-0.39, 0.29) is 11.4 Å². The number of carbonyl (C=O) groups is 1. The smallest absolute Gasteiger partial charge is 0.234 e. The van der Waals surface area contributed by atoms with Crippen LogP contribution in [0, 0.1) is 0 Å². The molecular formula is C15H31N3O. The first kappa shape index (κ1) is 16.4. The molecule has 1 amide bonds. The van der Waals surface area contributed by atoms with E-state index in [4.69, 9.17) is 5.73 Å². The number of rotatable bonds is 8. The van der Waals surface area contributed by atoms with Crippen LogP contribution < -0.4 is 11.1 Å². The minimum atomic E-state index is -0.0664. The number of hydrogen-bond acceptors (Lipinski definition) is 3. The van der Waals surface area contributed by atoms with E-state index >= 15 is 0 Å². The van der Waals surface area contributed by atoms with E-state index in [2.05, 4.69) is 31.0 Å². The van der Waals surface area contributed by atoms with Gasteiger partial charge < -0.3 is 11.1 Å². The summed E-state index contributed by atoms with van der Waals surface area (Å²) in [5.41, 5.74) is 5.85. The molecule has 0 radical (unpaired) electrons. The quantitative estimate of drug-likeness (QED) is 0.707. The predicted octanol–water partition coefficient (Wildman–Crippen LogP) is 1.88. The normalized spacial score (nSPS) is 19.6. The van der Waals surface area contributed by atoms with E-state index in [1.807, 2.05) is 0 Å². The Kier molecular flexibility index (Phi) is 6.80. The van der Waals surface area contributed by atoms with Gasteiger partial charge in [0.05, 0.1) is 6.54 Å². The third-order valence-corrected chi connectivity index (χ3v) is 4.51. The Labute approximate surface area is 118 Å². The SMILES string of the molecule is CCCN(CC(=O)NC1CCCC1)C(C)(CC)CN. The Morgan fingerprint density at radius 3 is 2.47 bits per heavy atom. The molecular weight excluding hydrogens is 238 g/mol. The summed E-state index contributed by atoms with van der Waals surface area (Å²) >= 11 is 0. The summed E-state index contributed by atoms with van der Waals surface area (Å²) in [6.45, 7) is 8.45. The number of carbonyl (C=O) groups excluding carboxylic acids is 1. The highest BCUT2D eigenvalue weighted by Crippen LogP contribution is 2.20. The minimum Gasteiger partial charge on any atom is -0.352 e. The third kappa shape index (κ3) is 4.77. The van der Waals surface area contributed by atoms with Gasteiger partial charge in [-0.25, -0.2) is 0 Å². The van der Waals surface area contributed by atoms with Gasteiger partial charge in [-0.15, -0.1) is 0 Å². The molecule has 112 valence electrons. The molecule has 0 heterocycles. The van der Waals surface area contributed by atoms with E-state index in [1.165, 1.54) is 12.8 Å². The van der Waals surface area contributed by atoms with Crippen molar-refractivity contribution in [3.63, 3.8) is 0 Å². The number of nitrogens with zero attached hydrogens (tertiary/aromatic N) is 1. The van der Waals surface area contributed by atoms with E-state index in [1.54, 1.807) is 0 Å². The van der Waals surface area contributed by atoms with Gasteiger partial charge in [0.1, 0.15) is 0 Å².